The second kappa shape index (κ2) is 6.13. The number of carbonyl (C=O) groups excluding carboxylic acids is 3. The third kappa shape index (κ3) is 3.08. The molecule has 2 aliphatic rings. The molecule has 4 rings (SSSR count). The van der Waals surface area contributed by atoms with Crippen molar-refractivity contribution in [2.75, 3.05) is 11.9 Å². The van der Waals surface area contributed by atoms with Crippen LogP contribution in [0, 0.1) is 5.41 Å². The van der Waals surface area contributed by atoms with Gasteiger partial charge in [0.05, 0.1) is 10.6 Å². The molecule has 0 fully saturated rings. The Morgan fingerprint density at radius 1 is 1.26 bits per heavy atom. The molecule has 138 valence electrons. The minimum atomic E-state index is -0.366. The second-order valence-corrected chi connectivity index (χ2v) is 8.67. The van der Waals surface area contributed by atoms with Gasteiger partial charge < -0.3 is 5.32 Å². The molecule has 0 unspecified atom stereocenters. The summed E-state index contributed by atoms with van der Waals surface area (Å²) in [5.41, 5.74) is 2.43. The Balaban J connectivity index is 1.48. The fraction of sp³-hybridized carbons (Fsp3) is 0.300. The van der Waals surface area contributed by atoms with Gasteiger partial charge in [0.1, 0.15) is 6.54 Å². The van der Waals surface area contributed by atoms with Gasteiger partial charge in [-0.2, -0.15) is 0 Å². The summed E-state index contributed by atoms with van der Waals surface area (Å²) in [5.74, 6) is -0.533. The highest BCUT2D eigenvalue weighted by Gasteiger charge is 2.35. The summed E-state index contributed by atoms with van der Waals surface area (Å²) in [6.07, 6.45) is 1.19. The molecule has 27 heavy (non-hydrogen) atoms. The summed E-state index contributed by atoms with van der Waals surface area (Å²) >= 11 is 1.20. The van der Waals surface area contributed by atoms with E-state index >= 15 is 0 Å². The van der Waals surface area contributed by atoms with Crippen LogP contribution in [0.2, 0.25) is 0 Å². The average molecular weight is 381 g/mol. The zero-order valence-electron chi connectivity index (χ0n) is 15.2. The lowest BCUT2D eigenvalue weighted by Gasteiger charge is -2.26. The number of carbonyl (C=O) groups is 3. The van der Waals surface area contributed by atoms with Crippen molar-refractivity contribution in [3.63, 3.8) is 0 Å². The molecule has 7 heteroatoms. The fourth-order valence-electron chi connectivity index (χ4n) is 3.58. The number of anilines is 1. The van der Waals surface area contributed by atoms with Crippen LogP contribution in [0.15, 0.2) is 30.8 Å². The van der Waals surface area contributed by atoms with Crippen LogP contribution in [0.5, 0.6) is 0 Å². The first-order valence-electron chi connectivity index (χ1n) is 8.68. The summed E-state index contributed by atoms with van der Waals surface area (Å²) in [6, 6.07) is 7.16. The third-order valence-corrected chi connectivity index (χ3v) is 5.88. The molecule has 1 aliphatic carbocycles. The molecule has 0 atom stereocenters. The molecule has 0 bridgehead atoms. The van der Waals surface area contributed by atoms with Crippen LogP contribution < -0.4 is 5.32 Å². The number of amides is 2. The maximum absolute atomic E-state index is 12.5. The number of rotatable bonds is 3. The molecule has 1 N–H and O–H groups in total. The Labute approximate surface area is 160 Å². The van der Waals surface area contributed by atoms with Crippen LogP contribution in [-0.2, 0) is 11.2 Å². The number of aromatic nitrogens is 1. The Morgan fingerprint density at radius 3 is 2.67 bits per heavy atom. The molecular formula is C20H19N3O3S. The van der Waals surface area contributed by atoms with Gasteiger partial charge >= 0.3 is 0 Å². The molecule has 0 saturated heterocycles. The van der Waals surface area contributed by atoms with Crippen molar-refractivity contribution < 1.29 is 14.4 Å². The quantitative estimate of drug-likeness (QED) is 0.884. The van der Waals surface area contributed by atoms with Gasteiger partial charge in [0.25, 0.3) is 5.91 Å². The van der Waals surface area contributed by atoms with E-state index in [1.54, 1.807) is 12.1 Å². The first-order chi connectivity index (χ1) is 12.7. The van der Waals surface area contributed by atoms with E-state index in [4.69, 9.17) is 0 Å². The van der Waals surface area contributed by atoms with Gasteiger partial charge in [-0.1, -0.05) is 50.0 Å². The first-order valence-corrected chi connectivity index (χ1v) is 9.50. The molecule has 1 aromatic carbocycles. The fourth-order valence-corrected chi connectivity index (χ4v) is 4.51. The predicted molar refractivity (Wildman–Crippen MR) is 104 cm³/mol. The zero-order chi connectivity index (χ0) is 19.3. The number of Topliss-reactive ketones (excluding diaryl/α,β-unsaturated/α-hetero) is 1. The molecule has 2 aromatic rings. The van der Waals surface area contributed by atoms with E-state index in [9.17, 15) is 14.4 Å². The van der Waals surface area contributed by atoms with E-state index < -0.39 is 0 Å². The second-order valence-electron chi connectivity index (χ2n) is 7.67. The van der Waals surface area contributed by atoms with E-state index in [1.807, 2.05) is 26.0 Å². The van der Waals surface area contributed by atoms with Gasteiger partial charge in [-0.3, -0.25) is 19.3 Å². The molecule has 1 aliphatic heterocycles. The van der Waals surface area contributed by atoms with Crippen molar-refractivity contribution >= 4 is 39.8 Å². The minimum Gasteiger partial charge on any atom is -0.300 e. The molecule has 0 spiro atoms. The number of fused-ring (bicyclic) bond motifs is 2. The van der Waals surface area contributed by atoms with Crippen molar-refractivity contribution in [1.82, 2.24) is 9.88 Å². The van der Waals surface area contributed by atoms with Gasteiger partial charge in [0.2, 0.25) is 5.91 Å². The Bertz CT molecular complexity index is 971. The van der Waals surface area contributed by atoms with Crippen LogP contribution in [0.3, 0.4) is 0 Å². The van der Waals surface area contributed by atoms with E-state index in [1.165, 1.54) is 16.2 Å². The van der Waals surface area contributed by atoms with Crippen LogP contribution >= 0.6 is 11.3 Å². The van der Waals surface area contributed by atoms with Gasteiger partial charge in [-0.25, -0.2) is 4.98 Å². The number of nitrogens with zero attached hydrogens (tertiary/aromatic N) is 2. The number of thiazole rings is 1. The van der Waals surface area contributed by atoms with Crippen molar-refractivity contribution in [2.45, 2.75) is 26.7 Å². The average Bonchev–Trinajstić information content (AvgIpc) is 3.09. The highest BCUT2D eigenvalue weighted by atomic mass is 32.1. The summed E-state index contributed by atoms with van der Waals surface area (Å²) in [7, 11) is 0. The maximum Gasteiger partial charge on any atom is 0.259 e. The molecular weight excluding hydrogens is 362 g/mol. The van der Waals surface area contributed by atoms with E-state index in [0.29, 0.717) is 34.1 Å². The third-order valence-electron chi connectivity index (χ3n) is 4.82. The summed E-state index contributed by atoms with van der Waals surface area (Å²) in [6.45, 7) is 7.86. The maximum atomic E-state index is 12.5. The molecule has 6 nitrogen and oxygen atoms in total. The SMILES string of the molecule is C=C1c2ccccc2C(=O)N1CC(=O)Nc1nc2c(s1)C(=O)CC(C)(C)C2. The summed E-state index contributed by atoms with van der Waals surface area (Å²) in [4.78, 5) is 43.7. The van der Waals surface area contributed by atoms with Gasteiger partial charge in [-0.05, 0) is 17.9 Å². The smallest absolute Gasteiger partial charge is 0.259 e. The van der Waals surface area contributed by atoms with Crippen molar-refractivity contribution in [2.24, 2.45) is 5.41 Å². The highest BCUT2D eigenvalue weighted by Crippen LogP contribution is 2.38. The first kappa shape index (κ1) is 17.6. The topological polar surface area (TPSA) is 79.4 Å². The zero-order valence-corrected chi connectivity index (χ0v) is 16.0. The lowest BCUT2D eigenvalue weighted by atomic mass is 9.78. The van der Waals surface area contributed by atoms with E-state index in [2.05, 4.69) is 16.9 Å². The molecule has 0 saturated carbocycles. The van der Waals surface area contributed by atoms with Gasteiger partial charge in [-0.15, -0.1) is 0 Å². The number of ketones is 1. The van der Waals surface area contributed by atoms with Crippen LogP contribution in [-0.4, -0.2) is 34.0 Å². The van der Waals surface area contributed by atoms with E-state index in [-0.39, 0.29) is 29.6 Å². The molecule has 2 amide bonds. The Kier molecular flexibility index (Phi) is 3.99. The predicted octanol–water partition coefficient (Wildman–Crippen LogP) is 3.36. The minimum absolute atomic E-state index is 0.0674. The summed E-state index contributed by atoms with van der Waals surface area (Å²) in [5, 5.41) is 3.12. The monoisotopic (exact) mass is 381 g/mol. The van der Waals surface area contributed by atoms with Crippen molar-refractivity contribution in [3.8, 4) is 0 Å². The van der Waals surface area contributed by atoms with Crippen LogP contribution in [0.4, 0.5) is 5.13 Å². The number of hydrogen-bond donors (Lipinski definition) is 1. The molecule has 1 aromatic heterocycles. The van der Waals surface area contributed by atoms with Crippen molar-refractivity contribution in [3.05, 3.63) is 52.5 Å². The van der Waals surface area contributed by atoms with Crippen molar-refractivity contribution in [1.29, 1.82) is 0 Å². The number of benzene rings is 1. The van der Waals surface area contributed by atoms with Crippen LogP contribution in [0.1, 0.15) is 51.6 Å². The van der Waals surface area contributed by atoms with Gasteiger partial charge in [0.15, 0.2) is 10.9 Å². The van der Waals surface area contributed by atoms with Gasteiger partial charge in [0, 0.05) is 23.2 Å². The Morgan fingerprint density at radius 2 is 1.96 bits per heavy atom. The highest BCUT2D eigenvalue weighted by molar-refractivity contribution is 7.17. The molecule has 2 heterocycles. The number of hydrogen-bond acceptors (Lipinski definition) is 5. The largest absolute Gasteiger partial charge is 0.300 e. The lowest BCUT2D eigenvalue weighted by molar-refractivity contribution is -0.116. The summed E-state index contributed by atoms with van der Waals surface area (Å²) < 4.78 is 0. The standard InChI is InChI=1S/C20H19N3O3S/c1-11-12-6-4-5-7-13(12)18(26)23(11)10-16(25)22-19-21-14-8-20(2,3)9-15(24)17(14)27-19/h4-7H,1,8-10H2,2-3H3,(H,21,22,25). The van der Waals surface area contributed by atoms with E-state index in [0.717, 1.165) is 11.3 Å². The normalized spacial score (nSPS) is 17.7. The molecule has 0 radical (unpaired) electrons. The Hall–Kier alpha value is -2.80. The lowest BCUT2D eigenvalue weighted by Crippen LogP contribution is -2.32. The van der Waals surface area contributed by atoms with Crippen LogP contribution in [0.25, 0.3) is 5.70 Å². The number of nitrogens with one attached hydrogen (secondary N) is 1.